The van der Waals surface area contributed by atoms with Gasteiger partial charge in [0.25, 0.3) is 5.89 Å². The molecule has 1 aromatic carbocycles. The minimum atomic E-state index is -2.50. The quantitative estimate of drug-likeness (QED) is 0.602. The molecule has 3 heterocycles. The maximum atomic E-state index is 12.4. The second kappa shape index (κ2) is 7.76. The van der Waals surface area contributed by atoms with Gasteiger partial charge in [0, 0.05) is 48.9 Å². The van der Waals surface area contributed by atoms with Gasteiger partial charge in [-0.25, -0.2) is 0 Å². The van der Waals surface area contributed by atoms with Crippen LogP contribution in [0.15, 0.2) is 47.2 Å². The highest BCUT2D eigenvalue weighted by molar-refractivity contribution is 5.56. The Bertz CT molecular complexity index is 1250. The Kier molecular flexibility index (Phi) is 4.11. The third-order valence-electron chi connectivity index (χ3n) is 6.16. The molecule has 1 aliphatic rings. The molecule has 1 fully saturated rings. The van der Waals surface area contributed by atoms with Crippen molar-refractivity contribution < 1.29 is 21.6 Å². The lowest BCUT2D eigenvalue weighted by molar-refractivity contribution is -0.127. The summed E-state index contributed by atoms with van der Waals surface area (Å²) in [6.45, 7) is 2.17. The summed E-state index contributed by atoms with van der Waals surface area (Å²) in [4.78, 5) is 10.7. The smallest absolute Gasteiger partial charge is 0.258 e. The molecule has 2 aromatic heterocycles. The molecule has 0 aliphatic carbocycles. The van der Waals surface area contributed by atoms with Crippen molar-refractivity contribution in [1.82, 2.24) is 20.0 Å². The van der Waals surface area contributed by atoms with Gasteiger partial charge >= 0.3 is 0 Å². The molecule has 4 rings (SSSR count). The molecule has 1 saturated heterocycles. The molecule has 0 bridgehead atoms. The highest BCUT2D eigenvalue weighted by Crippen LogP contribution is 2.50. The van der Waals surface area contributed by atoms with Crippen LogP contribution in [0.5, 0.6) is 0 Å². The highest BCUT2D eigenvalue weighted by Gasteiger charge is 2.55. The molecule has 0 amide bonds. The van der Waals surface area contributed by atoms with Crippen LogP contribution in [0.3, 0.4) is 0 Å². The molecule has 3 aromatic rings. The number of benzene rings is 1. The molecule has 1 aliphatic heterocycles. The molecule has 2 N–H and O–H groups in total. The number of hydrogen-bond acceptors (Lipinski definition) is 7. The van der Waals surface area contributed by atoms with E-state index in [4.69, 9.17) is 11.4 Å². The molecule has 32 heavy (non-hydrogen) atoms. The van der Waals surface area contributed by atoms with Gasteiger partial charge in [-0.2, -0.15) is 4.98 Å². The zero-order valence-corrected chi connectivity index (χ0v) is 18.7. The average Bonchev–Trinajstić information content (AvgIpc) is 3.28. The van der Waals surface area contributed by atoms with E-state index in [-0.39, 0.29) is 11.7 Å². The van der Waals surface area contributed by atoms with Gasteiger partial charge in [0.1, 0.15) is 11.2 Å². The Morgan fingerprint density at radius 3 is 2.44 bits per heavy atom. The molecule has 0 radical (unpaired) electrons. The van der Waals surface area contributed by atoms with E-state index in [0.29, 0.717) is 35.3 Å². The van der Waals surface area contributed by atoms with Crippen molar-refractivity contribution in [3.05, 3.63) is 65.3 Å². The van der Waals surface area contributed by atoms with Crippen molar-refractivity contribution in [2.24, 2.45) is 5.41 Å². The maximum Gasteiger partial charge on any atom is 0.258 e. The van der Waals surface area contributed by atoms with E-state index in [1.165, 1.54) is 13.8 Å². The Balaban J connectivity index is 1.79. The molecule has 2 atom stereocenters. The molecule has 7 heteroatoms. The summed E-state index contributed by atoms with van der Waals surface area (Å²) in [7, 11) is 1.96. The Morgan fingerprint density at radius 2 is 1.88 bits per heavy atom. The molecule has 1 unspecified atom stereocenters. The average molecular weight is 442 g/mol. The minimum Gasteiger partial charge on any atom is -0.381 e. The van der Waals surface area contributed by atoms with Gasteiger partial charge in [0.05, 0.1) is 0 Å². The van der Waals surface area contributed by atoms with E-state index in [2.05, 4.69) is 20.0 Å². The number of likely N-dealkylation sites (tertiary alicyclic amines) is 1. The van der Waals surface area contributed by atoms with Gasteiger partial charge in [0.15, 0.2) is 0 Å². The number of aromatic nitrogens is 3. The molecular formula is C25H32N4O3. The van der Waals surface area contributed by atoms with Gasteiger partial charge in [-0.05, 0) is 44.0 Å². The van der Waals surface area contributed by atoms with Crippen molar-refractivity contribution >= 4 is 0 Å². The van der Waals surface area contributed by atoms with Crippen LogP contribution in [0.25, 0.3) is 11.4 Å². The number of pyridine rings is 1. The third kappa shape index (κ3) is 3.74. The minimum absolute atomic E-state index is 0.0530. The molecular weight excluding hydrogens is 404 g/mol. The van der Waals surface area contributed by atoms with Crippen LogP contribution in [-0.2, 0) is 11.2 Å². The lowest BCUT2D eigenvalue weighted by Crippen LogP contribution is -2.63. The van der Waals surface area contributed by atoms with Gasteiger partial charge < -0.3 is 19.6 Å². The SMILES string of the molecule is [2H]C([2H])C(c1ccc([C@](O)(c2cncc(-c3noc(C(C)(C)O)n3)c2)C2(C)CN(C)C2)cc1)C([2H])([2H])[2H]. The van der Waals surface area contributed by atoms with E-state index in [1.807, 2.05) is 14.0 Å². The van der Waals surface area contributed by atoms with Crippen LogP contribution in [-0.4, -0.2) is 50.4 Å². The van der Waals surface area contributed by atoms with E-state index < -0.39 is 36.3 Å². The van der Waals surface area contributed by atoms with Crippen molar-refractivity contribution in [2.45, 2.75) is 51.6 Å². The summed E-state index contributed by atoms with van der Waals surface area (Å²) in [5, 5.41) is 26.5. The van der Waals surface area contributed by atoms with Crippen LogP contribution < -0.4 is 0 Å². The molecule has 0 saturated carbocycles. The highest BCUT2D eigenvalue weighted by atomic mass is 16.5. The number of hydrogen-bond donors (Lipinski definition) is 2. The predicted molar refractivity (Wildman–Crippen MR) is 122 cm³/mol. The largest absolute Gasteiger partial charge is 0.381 e. The summed E-state index contributed by atoms with van der Waals surface area (Å²) in [6, 6.07) is 8.20. The predicted octanol–water partition coefficient (Wildman–Crippen LogP) is 3.67. The second-order valence-corrected chi connectivity index (χ2v) is 9.49. The van der Waals surface area contributed by atoms with Crippen molar-refractivity contribution in [2.75, 3.05) is 20.1 Å². The Labute approximate surface area is 196 Å². The number of rotatable bonds is 6. The topological polar surface area (TPSA) is 95.5 Å². The number of nitrogens with zero attached hydrogens (tertiary/aromatic N) is 4. The lowest BCUT2D eigenvalue weighted by Gasteiger charge is -2.55. The zero-order valence-electron chi connectivity index (χ0n) is 23.7. The van der Waals surface area contributed by atoms with Crippen molar-refractivity contribution in [3.63, 3.8) is 0 Å². The lowest BCUT2D eigenvalue weighted by atomic mass is 9.62. The standard InChI is InChI=1S/C25H32N4O3/c1-16(2)17-7-9-19(10-8-17)25(31,24(5)14-29(6)15-24)20-11-18(12-26-13-20)21-27-22(32-28-21)23(3,4)30/h7-13,16,30-31H,14-15H2,1-6H3/t25-/m0/s1/i1D2,2D3/t16?,25-. The van der Waals surface area contributed by atoms with Crippen LogP contribution >= 0.6 is 0 Å². The first-order chi connectivity index (χ1) is 17.1. The van der Waals surface area contributed by atoms with Crippen molar-refractivity contribution in [3.8, 4) is 11.4 Å². The Morgan fingerprint density at radius 1 is 1.16 bits per heavy atom. The van der Waals surface area contributed by atoms with Gasteiger partial charge in [-0.3, -0.25) is 4.98 Å². The van der Waals surface area contributed by atoms with Gasteiger partial charge in [-0.15, -0.1) is 0 Å². The maximum absolute atomic E-state index is 12.4. The first-order valence-corrected chi connectivity index (χ1v) is 10.4. The Hall–Kier alpha value is -2.61. The summed E-state index contributed by atoms with van der Waals surface area (Å²) in [5.41, 5.74) is -1.56. The van der Waals surface area contributed by atoms with E-state index in [9.17, 15) is 10.2 Å². The third-order valence-corrected chi connectivity index (χ3v) is 6.16. The first kappa shape index (κ1) is 16.9. The van der Waals surface area contributed by atoms with Crippen LogP contribution in [0.1, 0.15) is 69.9 Å². The number of aliphatic hydroxyl groups is 2. The van der Waals surface area contributed by atoms with Crippen LogP contribution in [0.4, 0.5) is 0 Å². The monoisotopic (exact) mass is 441 g/mol. The molecule has 7 nitrogen and oxygen atoms in total. The first-order valence-electron chi connectivity index (χ1n) is 13.1. The second-order valence-electron chi connectivity index (χ2n) is 9.49. The molecule has 0 spiro atoms. The normalized spacial score (nSPS) is 22.0. The fraction of sp³-hybridized carbons (Fsp3) is 0.480. The fourth-order valence-electron chi connectivity index (χ4n) is 4.52. The summed E-state index contributed by atoms with van der Waals surface area (Å²) in [5.74, 6) is -0.997. The van der Waals surface area contributed by atoms with E-state index >= 15 is 0 Å². The zero-order chi connectivity index (χ0) is 27.4. The van der Waals surface area contributed by atoms with Crippen LogP contribution in [0, 0.1) is 5.41 Å². The van der Waals surface area contributed by atoms with Crippen LogP contribution in [0.2, 0.25) is 0 Å². The summed E-state index contributed by atoms with van der Waals surface area (Å²) >= 11 is 0. The fourth-order valence-corrected chi connectivity index (χ4v) is 4.52. The van der Waals surface area contributed by atoms with E-state index in [1.54, 1.807) is 42.7 Å². The van der Waals surface area contributed by atoms with E-state index in [0.717, 1.165) is 0 Å². The summed E-state index contributed by atoms with van der Waals surface area (Å²) in [6.07, 6.45) is 3.12. The van der Waals surface area contributed by atoms with Gasteiger partial charge in [-0.1, -0.05) is 50.1 Å². The molecule has 170 valence electrons. The summed E-state index contributed by atoms with van der Waals surface area (Å²) < 4.78 is 44.0. The van der Waals surface area contributed by atoms with Crippen molar-refractivity contribution in [1.29, 1.82) is 0 Å². The van der Waals surface area contributed by atoms with Gasteiger partial charge in [0.2, 0.25) is 5.82 Å².